The topological polar surface area (TPSA) is 68.0 Å². The van der Waals surface area contributed by atoms with Crippen molar-refractivity contribution in [2.24, 2.45) is 5.16 Å². The zero-order valence-corrected chi connectivity index (χ0v) is 24.1. The maximum Gasteiger partial charge on any atom is 0.147 e. The minimum Gasteiger partial charge on any atom is -0.485 e. The molecule has 1 saturated heterocycles. The monoisotopic (exact) mass is 568 g/mol. The second-order valence-corrected chi connectivity index (χ2v) is 9.70. The summed E-state index contributed by atoms with van der Waals surface area (Å²) in [6.45, 7) is 9.53. The lowest BCUT2D eigenvalue weighted by molar-refractivity contribution is 0.213. The molecule has 0 unspecified atom stereocenters. The van der Waals surface area contributed by atoms with Crippen molar-refractivity contribution < 1.29 is 9.57 Å². The highest BCUT2D eigenvalue weighted by Gasteiger charge is 2.25. The Bertz CT molecular complexity index is 1480. The number of ether oxygens (including phenoxy) is 1. The second kappa shape index (κ2) is 12.2. The summed E-state index contributed by atoms with van der Waals surface area (Å²) < 4.78 is 8.40. The Balaban J connectivity index is 0.00000176. The van der Waals surface area contributed by atoms with E-state index in [9.17, 15) is 0 Å². The van der Waals surface area contributed by atoms with Crippen molar-refractivity contribution in [1.82, 2.24) is 19.4 Å². The van der Waals surface area contributed by atoms with Crippen LogP contribution in [0.4, 0.5) is 5.69 Å². The summed E-state index contributed by atoms with van der Waals surface area (Å²) in [7, 11) is 1.55. The predicted molar refractivity (Wildman–Crippen MR) is 160 cm³/mol. The summed E-state index contributed by atoms with van der Waals surface area (Å²) >= 11 is 0. The third-order valence-corrected chi connectivity index (χ3v) is 7.38. The number of pyridine rings is 1. The van der Waals surface area contributed by atoms with Crippen LogP contribution in [0, 0.1) is 6.92 Å². The van der Waals surface area contributed by atoms with E-state index in [0.717, 1.165) is 78.9 Å². The van der Waals surface area contributed by atoms with Crippen LogP contribution in [-0.2, 0) is 17.9 Å². The molecule has 6 rings (SSSR count). The van der Waals surface area contributed by atoms with Crippen molar-refractivity contribution >= 4 is 47.1 Å². The Morgan fingerprint density at radius 2 is 1.77 bits per heavy atom. The highest BCUT2D eigenvalue weighted by Crippen LogP contribution is 2.35. The van der Waals surface area contributed by atoms with E-state index in [0.29, 0.717) is 6.61 Å². The molecule has 4 heterocycles. The van der Waals surface area contributed by atoms with E-state index in [1.54, 1.807) is 7.11 Å². The van der Waals surface area contributed by atoms with Gasteiger partial charge >= 0.3 is 0 Å². The van der Waals surface area contributed by atoms with E-state index in [2.05, 4.69) is 73.0 Å². The van der Waals surface area contributed by atoms with Gasteiger partial charge in [-0.15, -0.1) is 24.8 Å². The number of piperazine rings is 1. The van der Waals surface area contributed by atoms with Gasteiger partial charge in [-0.25, -0.2) is 4.98 Å². The van der Waals surface area contributed by atoms with E-state index < -0.39 is 0 Å². The molecule has 0 aliphatic carbocycles. The Labute approximate surface area is 241 Å². The molecule has 10 heteroatoms. The molecule has 2 aliphatic rings. The first-order valence-electron chi connectivity index (χ1n) is 12.9. The minimum atomic E-state index is 0. The third-order valence-electron chi connectivity index (χ3n) is 7.38. The Morgan fingerprint density at radius 3 is 2.56 bits per heavy atom. The number of hydrogen-bond acceptors (Lipinski definition) is 7. The molecule has 206 valence electrons. The summed E-state index contributed by atoms with van der Waals surface area (Å²) in [4.78, 5) is 19.3. The molecular formula is C29H34Cl2N6O2. The zero-order chi connectivity index (χ0) is 25.4. The number of halogens is 2. The van der Waals surface area contributed by atoms with Crippen LogP contribution in [0.3, 0.4) is 0 Å². The van der Waals surface area contributed by atoms with Crippen molar-refractivity contribution in [3.63, 3.8) is 0 Å². The summed E-state index contributed by atoms with van der Waals surface area (Å²) in [6, 6.07) is 17.1. The van der Waals surface area contributed by atoms with Crippen LogP contribution in [0.2, 0.25) is 0 Å². The molecular weight excluding hydrogens is 535 g/mol. The van der Waals surface area contributed by atoms with E-state index >= 15 is 0 Å². The maximum absolute atomic E-state index is 6.28. The number of aryl methyl sites for hydroxylation is 1. The Hall–Kier alpha value is -3.33. The largest absolute Gasteiger partial charge is 0.485 e. The average molecular weight is 570 g/mol. The lowest BCUT2D eigenvalue weighted by atomic mass is 10.1. The van der Waals surface area contributed by atoms with Gasteiger partial charge in [0.2, 0.25) is 0 Å². The second-order valence-electron chi connectivity index (χ2n) is 9.70. The fraction of sp³-hybridized carbons (Fsp3) is 0.345. The first-order chi connectivity index (χ1) is 18.1. The number of anilines is 1. The molecule has 2 aliphatic heterocycles. The smallest absolute Gasteiger partial charge is 0.147 e. The molecule has 0 N–H and O–H groups in total. The quantitative estimate of drug-likeness (QED) is 0.235. The van der Waals surface area contributed by atoms with Crippen molar-refractivity contribution in [2.45, 2.75) is 26.9 Å². The number of imidazole rings is 1. The number of nitrogens with zero attached hydrogens (tertiary/aromatic N) is 6. The lowest BCUT2D eigenvalue weighted by Gasteiger charge is -2.36. The zero-order valence-electron chi connectivity index (χ0n) is 22.5. The highest BCUT2D eigenvalue weighted by molar-refractivity contribution is 5.98. The normalized spacial score (nSPS) is 15.1. The van der Waals surface area contributed by atoms with E-state index in [1.807, 2.05) is 20.2 Å². The highest BCUT2D eigenvalue weighted by atomic mass is 35.5. The molecule has 0 spiro atoms. The van der Waals surface area contributed by atoms with Crippen LogP contribution in [0.5, 0.6) is 5.75 Å². The van der Waals surface area contributed by atoms with Crippen LogP contribution < -0.4 is 9.64 Å². The SMILES string of the molecule is CON=C(C)c1ncn2c1COc1c(CCN3CCN(c4cccc5nc(C)ccc45)CC3)cccc1-2.Cl.Cl. The molecule has 1 fully saturated rings. The average Bonchev–Trinajstić information content (AvgIpc) is 3.37. The van der Waals surface area contributed by atoms with Gasteiger partial charge in [0.05, 0.1) is 16.9 Å². The number of hydrogen-bond donors (Lipinski definition) is 0. The number of fused-ring (bicyclic) bond motifs is 4. The van der Waals surface area contributed by atoms with Gasteiger partial charge < -0.3 is 14.5 Å². The number of aromatic nitrogens is 3. The van der Waals surface area contributed by atoms with Gasteiger partial charge in [-0.3, -0.25) is 14.5 Å². The summed E-state index contributed by atoms with van der Waals surface area (Å²) in [6.07, 6.45) is 2.80. The van der Waals surface area contributed by atoms with Crippen LogP contribution in [-0.4, -0.2) is 65.0 Å². The van der Waals surface area contributed by atoms with E-state index in [4.69, 9.17) is 14.6 Å². The van der Waals surface area contributed by atoms with Crippen molar-refractivity contribution in [1.29, 1.82) is 0 Å². The van der Waals surface area contributed by atoms with Crippen LogP contribution >= 0.6 is 24.8 Å². The first-order valence-corrected chi connectivity index (χ1v) is 12.9. The van der Waals surface area contributed by atoms with Gasteiger partial charge in [-0.1, -0.05) is 23.4 Å². The fourth-order valence-corrected chi connectivity index (χ4v) is 5.47. The molecule has 8 nitrogen and oxygen atoms in total. The lowest BCUT2D eigenvalue weighted by Crippen LogP contribution is -2.47. The van der Waals surface area contributed by atoms with Crippen molar-refractivity contribution in [2.75, 3.05) is 44.7 Å². The maximum atomic E-state index is 6.28. The van der Waals surface area contributed by atoms with Gasteiger partial charge in [-0.2, -0.15) is 0 Å². The molecule has 0 amide bonds. The predicted octanol–water partition coefficient (Wildman–Crippen LogP) is 5.20. The van der Waals surface area contributed by atoms with Gasteiger partial charge in [0.1, 0.15) is 37.2 Å². The molecule has 39 heavy (non-hydrogen) atoms. The standard InChI is InChI=1S/C29H32N6O2.2ClH/c1-20-10-11-23-24(31-20)7-5-8-25(23)34-16-14-33(15-17-34)13-12-22-6-4-9-26-29(22)37-18-27-28(21(2)32-36-3)30-19-35(26)27;;/h4-11,19H,12-18H2,1-3H3;2*1H. The van der Waals surface area contributed by atoms with Crippen LogP contribution in [0.1, 0.15) is 29.6 Å². The van der Waals surface area contributed by atoms with Crippen LogP contribution in [0.15, 0.2) is 60.0 Å². The van der Waals surface area contributed by atoms with E-state index in [1.165, 1.54) is 16.6 Å². The van der Waals surface area contributed by atoms with Gasteiger partial charge in [0.15, 0.2) is 0 Å². The van der Waals surface area contributed by atoms with Gasteiger partial charge in [-0.05, 0) is 56.2 Å². The number of oxime groups is 1. The number of rotatable bonds is 6. The molecule has 2 aromatic heterocycles. The Morgan fingerprint density at radius 1 is 1.00 bits per heavy atom. The molecule has 0 bridgehead atoms. The molecule has 0 radical (unpaired) electrons. The number of benzene rings is 2. The van der Waals surface area contributed by atoms with E-state index in [-0.39, 0.29) is 24.8 Å². The summed E-state index contributed by atoms with van der Waals surface area (Å²) in [5.41, 5.74) is 8.24. The minimum absolute atomic E-state index is 0. The fourth-order valence-electron chi connectivity index (χ4n) is 5.47. The van der Waals surface area contributed by atoms with Gasteiger partial charge in [0.25, 0.3) is 0 Å². The summed E-state index contributed by atoms with van der Waals surface area (Å²) in [5, 5.41) is 5.28. The molecule has 0 saturated carbocycles. The Kier molecular flexibility index (Phi) is 9.00. The molecule has 2 aromatic carbocycles. The summed E-state index contributed by atoms with van der Waals surface area (Å²) in [5.74, 6) is 0.956. The molecule has 0 atom stereocenters. The number of para-hydroxylation sites is 1. The first kappa shape index (κ1) is 28.7. The van der Waals surface area contributed by atoms with Crippen molar-refractivity contribution in [3.05, 3.63) is 77.5 Å². The van der Waals surface area contributed by atoms with Gasteiger partial charge in [0, 0.05) is 49.5 Å². The van der Waals surface area contributed by atoms with Crippen LogP contribution in [0.25, 0.3) is 16.6 Å². The molecule has 4 aromatic rings. The third kappa shape index (κ3) is 5.55. The van der Waals surface area contributed by atoms with Crippen molar-refractivity contribution in [3.8, 4) is 11.4 Å².